The minimum atomic E-state index is -0.633. The SMILES string of the molecule is O=C(Nc1cc(Cl)cc(Cl)c1)C1CCCN1C(=O)Cn1ncc2ccccc2c1=O. The molecule has 1 aliphatic rings. The van der Waals surface area contributed by atoms with Crippen LogP contribution in [0.3, 0.4) is 0 Å². The Hall–Kier alpha value is -2.90. The van der Waals surface area contributed by atoms with Crippen molar-refractivity contribution in [2.45, 2.75) is 25.4 Å². The Morgan fingerprint density at radius 2 is 1.87 bits per heavy atom. The van der Waals surface area contributed by atoms with E-state index in [1.807, 2.05) is 6.07 Å². The van der Waals surface area contributed by atoms with E-state index < -0.39 is 6.04 Å². The lowest BCUT2D eigenvalue weighted by molar-refractivity contribution is -0.137. The van der Waals surface area contributed by atoms with Crippen LogP contribution in [0.15, 0.2) is 53.5 Å². The van der Waals surface area contributed by atoms with Crippen LogP contribution in [0.25, 0.3) is 10.8 Å². The quantitative estimate of drug-likeness (QED) is 0.668. The number of nitrogens with one attached hydrogen (secondary N) is 1. The highest BCUT2D eigenvalue weighted by molar-refractivity contribution is 6.35. The molecule has 9 heteroatoms. The summed E-state index contributed by atoms with van der Waals surface area (Å²) in [4.78, 5) is 39.8. The molecule has 1 unspecified atom stereocenters. The van der Waals surface area contributed by atoms with Crippen LogP contribution in [-0.2, 0) is 16.1 Å². The van der Waals surface area contributed by atoms with E-state index >= 15 is 0 Å². The maximum Gasteiger partial charge on any atom is 0.275 e. The highest BCUT2D eigenvalue weighted by Crippen LogP contribution is 2.24. The number of carbonyl (C=O) groups is 2. The lowest BCUT2D eigenvalue weighted by Crippen LogP contribution is -2.45. The van der Waals surface area contributed by atoms with Gasteiger partial charge in [0.05, 0.1) is 11.6 Å². The summed E-state index contributed by atoms with van der Waals surface area (Å²) in [5, 5.41) is 8.88. The second kappa shape index (κ2) is 8.45. The summed E-state index contributed by atoms with van der Waals surface area (Å²) >= 11 is 12.0. The molecule has 1 aromatic heterocycles. The number of benzene rings is 2. The van der Waals surface area contributed by atoms with Crippen molar-refractivity contribution in [1.29, 1.82) is 0 Å². The summed E-state index contributed by atoms with van der Waals surface area (Å²) in [6, 6.07) is 11.2. The third kappa shape index (κ3) is 4.17. The molecule has 0 saturated carbocycles. The first-order valence-electron chi connectivity index (χ1n) is 9.43. The third-order valence-corrected chi connectivity index (χ3v) is 5.49. The Morgan fingerprint density at radius 3 is 2.63 bits per heavy atom. The highest BCUT2D eigenvalue weighted by atomic mass is 35.5. The average Bonchev–Trinajstić information content (AvgIpc) is 3.20. The number of amides is 2. The van der Waals surface area contributed by atoms with Crippen molar-refractivity contribution in [2.75, 3.05) is 11.9 Å². The van der Waals surface area contributed by atoms with Gasteiger partial charge in [-0.1, -0.05) is 41.4 Å². The van der Waals surface area contributed by atoms with E-state index in [1.165, 1.54) is 4.90 Å². The molecule has 154 valence electrons. The largest absolute Gasteiger partial charge is 0.329 e. The molecule has 2 aromatic carbocycles. The summed E-state index contributed by atoms with van der Waals surface area (Å²) < 4.78 is 1.13. The monoisotopic (exact) mass is 444 g/mol. The maximum atomic E-state index is 12.9. The minimum absolute atomic E-state index is 0.226. The first-order chi connectivity index (χ1) is 14.4. The Morgan fingerprint density at radius 1 is 1.13 bits per heavy atom. The van der Waals surface area contributed by atoms with E-state index in [0.717, 1.165) is 4.68 Å². The van der Waals surface area contributed by atoms with Crippen molar-refractivity contribution >= 4 is 51.5 Å². The van der Waals surface area contributed by atoms with E-state index in [-0.39, 0.29) is 23.9 Å². The Kier molecular flexibility index (Phi) is 5.74. The number of rotatable bonds is 4. The normalized spacial score (nSPS) is 16.1. The van der Waals surface area contributed by atoms with Crippen LogP contribution in [0.4, 0.5) is 5.69 Å². The van der Waals surface area contributed by atoms with E-state index in [2.05, 4.69) is 10.4 Å². The minimum Gasteiger partial charge on any atom is -0.329 e. The zero-order chi connectivity index (χ0) is 21.3. The van der Waals surface area contributed by atoms with E-state index in [0.29, 0.717) is 45.9 Å². The van der Waals surface area contributed by atoms with Crippen molar-refractivity contribution in [3.63, 3.8) is 0 Å². The third-order valence-electron chi connectivity index (χ3n) is 5.05. The Balaban J connectivity index is 1.50. The van der Waals surface area contributed by atoms with Crippen LogP contribution < -0.4 is 10.9 Å². The van der Waals surface area contributed by atoms with E-state index in [9.17, 15) is 14.4 Å². The van der Waals surface area contributed by atoms with Gasteiger partial charge in [0.25, 0.3) is 5.56 Å². The van der Waals surface area contributed by atoms with E-state index in [1.54, 1.807) is 42.6 Å². The van der Waals surface area contributed by atoms with Crippen LogP contribution in [0.2, 0.25) is 10.0 Å². The van der Waals surface area contributed by atoms with Gasteiger partial charge in [0.15, 0.2) is 0 Å². The Bertz CT molecular complexity index is 1170. The van der Waals surface area contributed by atoms with Crippen LogP contribution >= 0.6 is 23.2 Å². The fraction of sp³-hybridized carbons (Fsp3) is 0.238. The first kappa shape index (κ1) is 20.4. The van der Waals surface area contributed by atoms with Crippen LogP contribution in [0.1, 0.15) is 12.8 Å². The zero-order valence-corrected chi connectivity index (χ0v) is 17.4. The molecule has 3 aromatic rings. The van der Waals surface area contributed by atoms with Crippen LogP contribution in [-0.4, -0.2) is 39.1 Å². The molecule has 1 atom stereocenters. The summed E-state index contributed by atoms with van der Waals surface area (Å²) in [6.45, 7) is 0.214. The number of likely N-dealkylation sites (tertiary alicyclic amines) is 1. The van der Waals surface area contributed by atoms with Gasteiger partial charge in [-0.15, -0.1) is 0 Å². The number of fused-ring (bicyclic) bond motifs is 1. The fourth-order valence-corrected chi connectivity index (χ4v) is 4.17. The molecule has 2 amide bonds. The molecule has 1 aliphatic heterocycles. The van der Waals surface area contributed by atoms with Gasteiger partial charge in [-0.2, -0.15) is 5.10 Å². The van der Waals surface area contributed by atoms with Crippen molar-refractivity contribution in [2.24, 2.45) is 0 Å². The molecule has 0 radical (unpaired) electrons. The van der Waals surface area contributed by atoms with Gasteiger partial charge in [0, 0.05) is 27.7 Å². The lowest BCUT2D eigenvalue weighted by Gasteiger charge is -2.24. The first-order valence-corrected chi connectivity index (χ1v) is 10.2. The number of anilines is 1. The molecule has 0 aliphatic carbocycles. The number of hydrogen-bond donors (Lipinski definition) is 1. The number of carbonyl (C=O) groups excluding carboxylic acids is 2. The highest BCUT2D eigenvalue weighted by Gasteiger charge is 2.34. The van der Waals surface area contributed by atoms with Crippen LogP contribution in [0, 0.1) is 0 Å². The van der Waals surface area contributed by atoms with Crippen molar-refractivity contribution in [1.82, 2.24) is 14.7 Å². The summed E-state index contributed by atoms with van der Waals surface area (Å²) in [7, 11) is 0. The van der Waals surface area contributed by atoms with Crippen molar-refractivity contribution < 1.29 is 9.59 Å². The van der Waals surface area contributed by atoms with Crippen molar-refractivity contribution in [3.8, 4) is 0 Å². The molecule has 1 fully saturated rings. The molecular weight excluding hydrogens is 427 g/mol. The van der Waals surface area contributed by atoms with Crippen molar-refractivity contribution in [3.05, 3.63) is 69.1 Å². The number of hydrogen-bond acceptors (Lipinski definition) is 4. The van der Waals surface area contributed by atoms with Gasteiger partial charge >= 0.3 is 0 Å². The number of aromatic nitrogens is 2. The molecular formula is C21H18Cl2N4O3. The molecule has 7 nitrogen and oxygen atoms in total. The maximum absolute atomic E-state index is 12.9. The number of nitrogens with zero attached hydrogens (tertiary/aromatic N) is 3. The molecule has 0 bridgehead atoms. The molecule has 1 saturated heterocycles. The molecule has 30 heavy (non-hydrogen) atoms. The smallest absolute Gasteiger partial charge is 0.275 e. The number of halogens is 2. The average molecular weight is 445 g/mol. The second-order valence-corrected chi connectivity index (χ2v) is 7.96. The van der Waals surface area contributed by atoms with Gasteiger partial charge in [-0.3, -0.25) is 14.4 Å². The topological polar surface area (TPSA) is 84.3 Å². The predicted molar refractivity (Wildman–Crippen MR) is 116 cm³/mol. The molecule has 4 rings (SSSR count). The van der Waals surface area contributed by atoms with Gasteiger partial charge in [-0.05, 0) is 37.1 Å². The van der Waals surface area contributed by atoms with E-state index in [4.69, 9.17) is 23.2 Å². The van der Waals surface area contributed by atoms with Gasteiger partial charge in [-0.25, -0.2) is 4.68 Å². The Labute approximate surface area is 182 Å². The summed E-state index contributed by atoms with van der Waals surface area (Å²) in [6.07, 6.45) is 2.78. The molecule has 0 spiro atoms. The van der Waals surface area contributed by atoms with Gasteiger partial charge < -0.3 is 10.2 Å². The fourth-order valence-electron chi connectivity index (χ4n) is 3.65. The summed E-state index contributed by atoms with van der Waals surface area (Å²) in [5.74, 6) is -0.653. The standard InChI is InChI=1S/C21H18Cl2N4O3/c22-14-8-15(23)10-16(9-14)25-20(29)18-6-3-7-26(18)19(28)12-27-21(30)17-5-2-1-4-13(17)11-24-27/h1-2,4-5,8-11,18H,3,6-7,12H2,(H,25,29). The second-order valence-electron chi connectivity index (χ2n) is 7.09. The van der Waals surface area contributed by atoms with Gasteiger partial charge in [0.1, 0.15) is 12.6 Å². The van der Waals surface area contributed by atoms with Gasteiger partial charge in [0.2, 0.25) is 11.8 Å². The van der Waals surface area contributed by atoms with Crippen LogP contribution in [0.5, 0.6) is 0 Å². The summed E-state index contributed by atoms with van der Waals surface area (Å²) in [5.41, 5.74) is 0.124. The molecule has 2 heterocycles. The predicted octanol–water partition coefficient (Wildman–Crippen LogP) is 3.33. The molecule has 1 N–H and O–H groups in total. The lowest BCUT2D eigenvalue weighted by atomic mass is 10.2. The zero-order valence-electron chi connectivity index (χ0n) is 15.8.